The summed E-state index contributed by atoms with van der Waals surface area (Å²) in [6.07, 6.45) is 6.53. The van der Waals surface area contributed by atoms with E-state index in [-0.39, 0.29) is 24.0 Å². The molecule has 0 aromatic heterocycles. The molecule has 1 aromatic carbocycles. The summed E-state index contributed by atoms with van der Waals surface area (Å²) in [5.74, 6) is 0.837. The Labute approximate surface area is 136 Å². The van der Waals surface area contributed by atoms with Gasteiger partial charge in [0.25, 0.3) is 0 Å². The minimum Gasteiger partial charge on any atom is -0.353 e. The summed E-state index contributed by atoms with van der Waals surface area (Å²) in [4.78, 5) is 4.22. The number of halogens is 2. The molecule has 19 heavy (non-hydrogen) atoms. The third-order valence-corrected chi connectivity index (χ3v) is 3.16. The maximum atomic E-state index is 5.95. The summed E-state index contributed by atoms with van der Waals surface area (Å²) in [6.45, 7) is 0.723. The Morgan fingerprint density at radius 1 is 1.37 bits per heavy atom. The molecule has 0 atom stereocenters. The minimum absolute atomic E-state index is 0. The molecule has 0 heterocycles. The van der Waals surface area contributed by atoms with Crippen LogP contribution in [0.3, 0.4) is 0 Å². The van der Waals surface area contributed by atoms with Gasteiger partial charge in [0, 0.05) is 24.7 Å². The monoisotopic (exact) mass is 391 g/mol. The highest BCUT2D eigenvalue weighted by atomic mass is 127. The Morgan fingerprint density at radius 3 is 2.74 bits per heavy atom. The van der Waals surface area contributed by atoms with Crippen LogP contribution in [0.25, 0.3) is 0 Å². The second-order valence-corrected chi connectivity index (χ2v) is 4.78. The fourth-order valence-corrected chi connectivity index (χ4v) is 2.17. The van der Waals surface area contributed by atoms with Crippen molar-refractivity contribution in [2.45, 2.75) is 25.4 Å². The lowest BCUT2D eigenvalue weighted by Gasteiger charge is -2.16. The quantitative estimate of drug-likeness (QED) is 0.359. The van der Waals surface area contributed by atoms with Gasteiger partial charge in [-0.2, -0.15) is 0 Å². The summed E-state index contributed by atoms with van der Waals surface area (Å²) in [6, 6.07) is 8.30. The highest BCUT2D eigenvalue weighted by molar-refractivity contribution is 14.0. The van der Waals surface area contributed by atoms with Crippen LogP contribution in [-0.4, -0.2) is 19.0 Å². The van der Waals surface area contributed by atoms with E-state index in [1.54, 1.807) is 7.05 Å². The summed E-state index contributed by atoms with van der Waals surface area (Å²) in [7, 11) is 1.79. The second kappa shape index (κ2) is 8.43. The summed E-state index contributed by atoms with van der Waals surface area (Å²) >= 11 is 5.95. The zero-order chi connectivity index (χ0) is 12.8. The van der Waals surface area contributed by atoms with Gasteiger partial charge in [-0.3, -0.25) is 4.99 Å². The van der Waals surface area contributed by atoms with Crippen LogP contribution in [0, 0.1) is 0 Å². The molecule has 0 aliphatic heterocycles. The van der Waals surface area contributed by atoms with Crippen molar-refractivity contribution < 1.29 is 0 Å². The lowest BCUT2D eigenvalue weighted by Crippen LogP contribution is -2.42. The number of aliphatic imine (C=N–C) groups is 1. The lowest BCUT2D eigenvalue weighted by molar-refractivity contribution is 0.633. The third-order valence-electron chi connectivity index (χ3n) is 2.92. The highest BCUT2D eigenvalue weighted by Crippen LogP contribution is 2.11. The van der Waals surface area contributed by atoms with Gasteiger partial charge in [0.1, 0.15) is 0 Å². The topological polar surface area (TPSA) is 36.4 Å². The molecule has 1 aliphatic carbocycles. The van der Waals surface area contributed by atoms with Crippen molar-refractivity contribution in [1.29, 1.82) is 0 Å². The molecule has 0 amide bonds. The summed E-state index contributed by atoms with van der Waals surface area (Å²) < 4.78 is 0. The van der Waals surface area contributed by atoms with Crippen LogP contribution in [0.5, 0.6) is 0 Å². The Hall–Kier alpha value is -0.750. The molecular formula is C14H19ClIN3. The summed E-state index contributed by atoms with van der Waals surface area (Å²) in [5.41, 5.74) is 1.15. The molecule has 0 fully saturated rings. The van der Waals surface area contributed by atoms with Crippen LogP contribution in [0.1, 0.15) is 18.4 Å². The predicted molar refractivity (Wildman–Crippen MR) is 92.4 cm³/mol. The van der Waals surface area contributed by atoms with E-state index in [4.69, 9.17) is 11.6 Å². The second-order valence-electron chi connectivity index (χ2n) is 4.34. The van der Waals surface area contributed by atoms with E-state index in [9.17, 15) is 0 Å². The summed E-state index contributed by atoms with van der Waals surface area (Å²) in [5, 5.41) is 7.45. The van der Waals surface area contributed by atoms with E-state index < -0.39 is 0 Å². The molecule has 5 heteroatoms. The zero-order valence-electron chi connectivity index (χ0n) is 10.9. The molecule has 104 valence electrons. The van der Waals surface area contributed by atoms with Gasteiger partial charge in [-0.1, -0.05) is 35.9 Å². The SMILES string of the molecule is CN=C(NCc1cccc(Cl)c1)NC1CC=CC1.I. The molecule has 1 aliphatic rings. The van der Waals surface area contributed by atoms with Gasteiger partial charge >= 0.3 is 0 Å². The Bertz CT molecular complexity index is 452. The van der Waals surface area contributed by atoms with Gasteiger partial charge in [0.05, 0.1) is 0 Å². The number of guanidine groups is 1. The van der Waals surface area contributed by atoms with Gasteiger partial charge in [0.2, 0.25) is 0 Å². The molecule has 2 rings (SSSR count). The van der Waals surface area contributed by atoms with Crippen molar-refractivity contribution in [3.05, 3.63) is 47.0 Å². The molecule has 2 N–H and O–H groups in total. The van der Waals surface area contributed by atoms with Crippen molar-refractivity contribution in [1.82, 2.24) is 10.6 Å². The first-order chi connectivity index (χ1) is 8.78. The van der Waals surface area contributed by atoms with Gasteiger partial charge < -0.3 is 10.6 Å². The third kappa shape index (κ3) is 5.40. The fraction of sp³-hybridized carbons (Fsp3) is 0.357. The van der Waals surface area contributed by atoms with Gasteiger partial charge in [0.15, 0.2) is 5.96 Å². The molecule has 0 unspecified atom stereocenters. The first-order valence-corrected chi connectivity index (χ1v) is 6.52. The Balaban J connectivity index is 0.00000180. The average molecular weight is 392 g/mol. The van der Waals surface area contributed by atoms with Crippen LogP contribution in [-0.2, 0) is 6.54 Å². The Kier molecular flexibility index (Phi) is 7.23. The standard InChI is InChI=1S/C14H18ClN3.HI/c1-16-14(18-13-7-2-3-8-13)17-10-11-5-4-6-12(15)9-11;/h2-6,9,13H,7-8,10H2,1H3,(H2,16,17,18);1H. The van der Waals surface area contributed by atoms with Crippen molar-refractivity contribution in [3.63, 3.8) is 0 Å². The van der Waals surface area contributed by atoms with Crippen molar-refractivity contribution in [2.24, 2.45) is 4.99 Å². The Morgan fingerprint density at radius 2 is 2.11 bits per heavy atom. The van der Waals surface area contributed by atoms with E-state index in [0.29, 0.717) is 6.04 Å². The van der Waals surface area contributed by atoms with Crippen LogP contribution in [0.15, 0.2) is 41.4 Å². The highest BCUT2D eigenvalue weighted by Gasteiger charge is 2.11. The molecule has 3 nitrogen and oxygen atoms in total. The fourth-order valence-electron chi connectivity index (χ4n) is 1.96. The van der Waals surface area contributed by atoms with Gasteiger partial charge in [-0.05, 0) is 30.5 Å². The number of hydrogen-bond donors (Lipinski definition) is 2. The molecule has 0 radical (unpaired) electrons. The van der Waals surface area contributed by atoms with E-state index in [0.717, 1.165) is 35.9 Å². The van der Waals surface area contributed by atoms with E-state index in [1.165, 1.54) is 0 Å². The van der Waals surface area contributed by atoms with Gasteiger partial charge in [-0.15, -0.1) is 24.0 Å². The number of hydrogen-bond acceptors (Lipinski definition) is 1. The normalized spacial score (nSPS) is 15.2. The number of rotatable bonds is 3. The molecule has 0 bridgehead atoms. The van der Waals surface area contributed by atoms with E-state index in [2.05, 4.69) is 27.8 Å². The van der Waals surface area contributed by atoms with Crippen LogP contribution in [0.4, 0.5) is 0 Å². The number of benzene rings is 1. The maximum absolute atomic E-state index is 5.95. The zero-order valence-corrected chi connectivity index (χ0v) is 14.0. The van der Waals surface area contributed by atoms with Crippen molar-refractivity contribution >= 4 is 41.5 Å². The van der Waals surface area contributed by atoms with Crippen LogP contribution in [0.2, 0.25) is 5.02 Å². The van der Waals surface area contributed by atoms with Crippen LogP contribution >= 0.6 is 35.6 Å². The largest absolute Gasteiger partial charge is 0.353 e. The molecule has 0 saturated carbocycles. The molecular weight excluding hydrogens is 373 g/mol. The van der Waals surface area contributed by atoms with Crippen LogP contribution < -0.4 is 10.6 Å². The maximum Gasteiger partial charge on any atom is 0.191 e. The molecule has 0 spiro atoms. The van der Waals surface area contributed by atoms with E-state index >= 15 is 0 Å². The van der Waals surface area contributed by atoms with Crippen molar-refractivity contribution in [2.75, 3.05) is 7.05 Å². The number of nitrogens with one attached hydrogen (secondary N) is 2. The first kappa shape index (κ1) is 16.3. The van der Waals surface area contributed by atoms with E-state index in [1.807, 2.05) is 24.3 Å². The first-order valence-electron chi connectivity index (χ1n) is 6.14. The lowest BCUT2D eigenvalue weighted by atomic mass is 10.2. The molecule has 1 aromatic rings. The predicted octanol–water partition coefficient (Wildman–Crippen LogP) is 3.34. The van der Waals surface area contributed by atoms with Gasteiger partial charge in [-0.25, -0.2) is 0 Å². The van der Waals surface area contributed by atoms with Crippen molar-refractivity contribution in [3.8, 4) is 0 Å². The average Bonchev–Trinajstić information content (AvgIpc) is 2.87. The number of nitrogens with zero attached hydrogens (tertiary/aromatic N) is 1. The molecule has 0 saturated heterocycles. The smallest absolute Gasteiger partial charge is 0.191 e. The minimum atomic E-state index is 0.